The molecule has 1 aromatic carbocycles. The molecule has 2 nitrogen and oxygen atoms in total. The summed E-state index contributed by atoms with van der Waals surface area (Å²) in [5.74, 6) is 0.470. The molecule has 1 N–H and O–H groups in total. The minimum Gasteiger partial charge on any atom is -0.405 e. The molecule has 112 valence electrons. The molecule has 1 saturated carbocycles. The van der Waals surface area contributed by atoms with Crippen molar-refractivity contribution in [3.63, 3.8) is 0 Å². The van der Waals surface area contributed by atoms with Gasteiger partial charge >= 0.3 is 6.36 Å². The van der Waals surface area contributed by atoms with E-state index in [1.807, 2.05) is 0 Å². The molecule has 0 spiro atoms. The van der Waals surface area contributed by atoms with Crippen LogP contribution in [-0.2, 0) is 0 Å². The maximum absolute atomic E-state index is 12.2. The van der Waals surface area contributed by atoms with E-state index in [9.17, 15) is 13.2 Å². The molecule has 0 aliphatic heterocycles. The van der Waals surface area contributed by atoms with Gasteiger partial charge in [0.15, 0.2) is 0 Å². The van der Waals surface area contributed by atoms with Crippen LogP contribution in [0.3, 0.4) is 0 Å². The van der Waals surface area contributed by atoms with Gasteiger partial charge in [-0.1, -0.05) is 19.8 Å². The van der Waals surface area contributed by atoms with Gasteiger partial charge in [0.1, 0.15) is 5.75 Å². The summed E-state index contributed by atoms with van der Waals surface area (Å²) in [5.41, 5.74) is 0.811. The fourth-order valence-corrected chi connectivity index (χ4v) is 3.06. The van der Waals surface area contributed by atoms with Crippen LogP contribution in [0.15, 0.2) is 22.7 Å². The molecule has 0 heterocycles. The van der Waals surface area contributed by atoms with Crippen molar-refractivity contribution in [2.45, 2.75) is 45.0 Å². The Morgan fingerprint density at radius 2 is 2.05 bits per heavy atom. The van der Waals surface area contributed by atoms with Crippen LogP contribution in [0.25, 0.3) is 0 Å². The van der Waals surface area contributed by atoms with E-state index in [4.69, 9.17) is 0 Å². The van der Waals surface area contributed by atoms with Gasteiger partial charge in [0.05, 0.1) is 4.47 Å². The van der Waals surface area contributed by atoms with Crippen LogP contribution in [0.2, 0.25) is 0 Å². The summed E-state index contributed by atoms with van der Waals surface area (Å²) in [6.45, 7) is 2.23. The molecular weight excluding hydrogens is 335 g/mol. The standard InChI is InChI=1S/C14H17BrF3NO/c1-9-3-2-4-10(7-9)19-11-5-6-13(12(15)8-11)20-14(16,17)18/h5-6,8-10,19H,2-4,7H2,1H3. The number of halogens is 4. The molecule has 6 heteroatoms. The lowest BCUT2D eigenvalue weighted by Crippen LogP contribution is -2.26. The topological polar surface area (TPSA) is 21.3 Å². The van der Waals surface area contributed by atoms with Crippen LogP contribution >= 0.6 is 15.9 Å². The van der Waals surface area contributed by atoms with Gasteiger partial charge in [-0.2, -0.15) is 0 Å². The number of hydrogen-bond acceptors (Lipinski definition) is 2. The minimum atomic E-state index is -4.67. The molecule has 1 fully saturated rings. The average Bonchev–Trinajstić information content (AvgIpc) is 2.31. The van der Waals surface area contributed by atoms with E-state index in [1.54, 1.807) is 12.1 Å². The number of hydrogen-bond donors (Lipinski definition) is 1. The van der Waals surface area contributed by atoms with Crippen molar-refractivity contribution >= 4 is 21.6 Å². The Labute approximate surface area is 124 Å². The molecule has 0 bridgehead atoms. The summed E-state index contributed by atoms with van der Waals surface area (Å²) in [5, 5.41) is 3.38. The van der Waals surface area contributed by atoms with Crippen molar-refractivity contribution in [1.82, 2.24) is 0 Å². The monoisotopic (exact) mass is 351 g/mol. The summed E-state index contributed by atoms with van der Waals surface area (Å²) >= 11 is 3.11. The Bertz CT molecular complexity index is 464. The third-order valence-electron chi connectivity index (χ3n) is 3.46. The molecule has 0 radical (unpaired) electrons. The summed E-state index contributed by atoms with van der Waals surface area (Å²) in [7, 11) is 0. The molecule has 2 unspecified atom stereocenters. The lowest BCUT2D eigenvalue weighted by Gasteiger charge is -2.28. The first-order chi connectivity index (χ1) is 9.33. The smallest absolute Gasteiger partial charge is 0.405 e. The molecule has 0 aromatic heterocycles. The van der Waals surface area contributed by atoms with Gasteiger partial charge in [-0.05, 0) is 52.9 Å². The Kier molecular flexibility index (Phi) is 4.83. The number of ether oxygens (including phenoxy) is 1. The van der Waals surface area contributed by atoms with E-state index >= 15 is 0 Å². The fraction of sp³-hybridized carbons (Fsp3) is 0.571. The van der Waals surface area contributed by atoms with Crippen molar-refractivity contribution < 1.29 is 17.9 Å². The maximum Gasteiger partial charge on any atom is 0.573 e. The van der Waals surface area contributed by atoms with Crippen molar-refractivity contribution in [2.24, 2.45) is 5.92 Å². The van der Waals surface area contributed by atoms with Crippen LogP contribution in [-0.4, -0.2) is 12.4 Å². The van der Waals surface area contributed by atoms with Crippen LogP contribution in [0.5, 0.6) is 5.75 Å². The zero-order valence-electron chi connectivity index (χ0n) is 11.1. The molecule has 20 heavy (non-hydrogen) atoms. The largest absolute Gasteiger partial charge is 0.573 e. The van der Waals surface area contributed by atoms with E-state index in [0.29, 0.717) is 16.4 Å². The van der Waals surface area contributed by atoms with Gasteiger partial charge in [0.25, 0.3) is 0 Å². The zero-order valence-corrected chi connectivity index (χ0v) is 12.7. The maximum atomic E-state index is 12.2. The first kappa shape index (κ1) is 15.5. The van der Waals surface area contributed by atoms with Crippen LogP contribution < -0.4 is 10.1 Å². The van der Waals surface area contributed by atoms with Crippen molar-refractivity contribution in [3.8, 4) is 5.75 Å². The zero-order chi connectivity index (χ0) is 14.8. The van der Waals surface area contributed by atoms with Crippen LogP contribution in [0.4, 0.5) is 18.9 Å². The van der Waals surface area contributed by atoms with E-state index in [1.165, 1.54) is 18.9 Å². The molecule has 1 aromatic rings. The van der Waals surface area contributed by atoms with E-state index in [0.717, 1.165) is 18.5 Å². The normalized spacial score (nSPS) is 23.4. The SMILES string of the molecule is CC1CCCC(Nc2ccc(OC(F)(F)F)c(Br)c2)C1. The van der Waals surface area contributed by atoms with Gasteiger partial charge in [-0.25, -0.2) is 0 Å². The van der Waals surface area contributed by atoms with E-state index in [-0.39, 0.29) is 5.75 Å². The second-order valence-corrected chi connectivity index (χ2v) is 6.16. The van der Waals surface area contributed by atoms with Crippen molar-refractivity contribution in [2.75, 3.05) is 5.32 Å². The second-order valence-electron chi connectivity index (χ2n) is 5.31. The number of anilines is 1. The van der Waals surface area contributed by atoms with Gasteiger partial charge in [-0.3, -0.25) is 0 Å². The molecule has 0 amide bonds. The highest BCUT2D eigenvalue weighted by Gasteiger charge is 2.32. The van der Waals surface area contributed by atoms with Gasteiger partial charge in [-0.15, -0.1) is 13.2 Å². The summed E-state index contributed by atoms with van der Waals surface area (Å²) in [6, 6.07) is 4.96. The highest BCUT2D eigenvalue weighted by molar-refractivity contribution is 9.10. The minimum absolute atomic E-state index is 0.222. The first-order valence-corrected chi connectivity index (χ1v) is 7.44. The quantitative estimate of drug-likeness (QED) is 0.793. The Morgan fingerprint density at radius 3 is 2.65 bits per heavy atom. The van der Waals surface area contributed by atoms with Crippen molar-refractivity contribution in [1.29, 1.82) is 0 Å². The van der Waals surface area contributed by atoms with Gasteiger partial charge in [0, 0.05) is 11.7 Å². The predicted molar refractivity (Wildman–Crippen MR) is 75.9 cm³/mol. The Morgan fingerprint density at radius 1 is 1.30 bits per heavy atom. The summed E-state index contributed by atoms with van der Waals surface area (Å²) in [6.07, 6.45) is -0.0348. The average molecular weight is 352 g/mol. The highest BCUT2D eigenvalue weighted by atomic mass is 79.9. The highest BCUT2D eigenvalue weighted by Crippen LogP contribution is 2.33. The van der Waals surface area contributed by atoms with Gasteiger partial charge < -0.3 is 10.1 Å². The third kappa shape index (κ3) is 4.58. The fourth-order valence-electron chi connectivity index (χ4n) is 2.60. The van der Waals surface area contributed by atoms with Crippen LogP contribution in [0, 0.1) is 5.92 Å². The molecule has 1 aliphatic carbocycles. The van der Waals surface area contributed by atoms with E-state index < -0.39 is 6.36 Å². The number of rotatable bonds is 3. The number of nitrogens with one attached hydrogen (secondary N) is 1. The van der Waals surface area contributed by atoms with Gasteiger partial charge in [0.2, 0.25) is 0 Å². The molecular formula is C14H17BrF3NO. The number of benzene rings is 1. The summed E-state index contributed by atoms with van der Waals surface area (Å²) in [4.78, 5) is 0. The molecule has 1 aliphatic rings. The Balaban J connectivity index is 2.01. The predicted octanol–water partition coefficient (Wildman–Crippen LogP) is 5.34. The third-order valence-corrected chi connectivity index (χ3v) is 4.08. The molecule has 0 saturated heterocycles. The lowest BCUT2D eigenvalue weighted by molar-refractivity contribution is -0.274. The van der Waals surface area contributed by atoms with E-state index in [2.05, 4.69) is 32.9 Å². The Hall–Kier alpha value is -0.910. The first-order valence-electron chi connectivity index (χ1n) is 6.65. The van der Waals surface area contributed by atoms with Crippen LogP contribution in [0.1, 0.15) is 32.6 Å². The van der Waals surface area contributed by atoms with Crippen molar-refractivity contribution in [3.05, 3.63) is 22.7 Å². The molecule has 2 rings (SSSR count). The second kappa shape index (κ2) is 6.24. The number of alkyl halides is 3. The molecule has 2 atom stereocenters. The lowest BCUT2D eigenvalue weighted by atomic mass is 9.87. The summed E-state index contributed by atoms with van der Waals surface area (Å²) < 4.78 is 40.8.